The van der Waals surface area contributed by atoms with E-state index in [2.05, 4.69) is 22.8 Å². The van der Waals surface area contributed by atoms with Crippen LogP contribution in [0, 0.1) is 5.92 Å². The van der Waals surface area contributed by atoms with Crippen molar-refractivity contribution in [3.8, 4) is 0 Å². The molecule has 1 atom stereocenters. The van der Waals surface area contributed by atoms with Gasteiger partial charge < -0.3 is 20.0 Å². The highest BCUT2D eigenvalue weighted by atomic mass is 32.2. The molecule has 0 amide bonds. The molecule has 0 aromatic carbocycles. The van der Waals surface area contributed by atoms with Gasteiger partial charge in [0.05, 0.1) is 11.9 Å². The fourth-order valence-electron chi connectivity index (χ4n) is 2.27. The lowest BCUT2D eigenvalue weighted by molar-refractivity contribution is 0.255. The molecule has 0 aliphatic rings. The van der Waals surface area contributed by atoms with Gasteiger partial charge in [0, 0.05) is 13.1 Å². The number of nitrogens with zero attached hydrogens (tertiary/aromatic N) is 1. The lowest BCUT2D eigenvalue weighted by Crippen LogP contribution is -2.35. The molecule has 0 aliphatic heterocycles. The van der Waals surface area contributed by atoms with Crippen molar-refractivity contribution in [1.82, 2.24) is 10.2 Å². The van der Waals surface area contributed by atoms with Gasteiger partial charge in [0.2, 0.25) is 0 Å². The second-order valence-electron chi connectivity index (χ2n) is 6.05. The third kappa shape index (κ3) is 17.2. The van der Waals surface area contributed by atoms with Crippen LogP contribution < -0.4 is 5.32 Å². The summed E-state index contributed by atoms with van der Waals surface area (Å²) in [6.07, 6.45) is 1.76. The van der Waals surface area contributed by atoms with Crippen molar-refractivity contribution in [2.45, 2.75) is 26.2 Å². The standard InChI is InChI=1S/C13H31N2O6PS2/c1-13(12-22(16,17)18)4-8-15(7-3-11-24(19,20)21)9-6-14-5-2-10-23/h13-14,23H,2-12H2,1H3,(H2,16,17,18)(H,19,20,21). The molecule has 0 spiro atoms. The van der Waals surface area contributed by atoms with Crippen LogP contribution in [0.1, 0.15) is 26.2 Å². The van der Waals surface area contributed by atoms with Gasteiger partial charge >= 0.3 is 7.60 Å². The Morgan fingerprint density at radius 2 is 1.83 bits per heavy atom. The van der Waals surface area contributed by atoms with E-state index in [1.54, 1.807) is 6.92 Å². The van der Waals surface area contributed by atoms with Crippen LogP contribution in [0.4, 0.5) is 0 Å². The second-order valence-corrected chi connectivity index (χ2v) is 9.76. The molecule has 0 saturated heterocycles. The van der Waals surface area contributed by atoms with Gasteiger partial charge in [-0.05, 0) is 50.6 Å². The third-order valence-corrected chi connectivity index (χ3v) is 5.70. The van der Waals surface area contributed by atoms with Gasteiger partial charge in [0.1, 0.15) is 0 Å². The van der Waals surface area contributed by atoms with Crippen LogP contribution in [-0.2, 0) is 14.7 Å². The average Bonchev–Trinajstić information content (AvgIpc) is 2.40. The Hall–Kier alpha value is 0.330. The summed E-state index contributed by atoms with van der Waals surface area (Å²) < 4.78 is 41.4. The van der Waals surface area contributed by atoms with E-state index in [1.807, 2.05) is 0 Å². The molecule has 146 valence electrons. The Morgan fingerprint density at radius 3 is 2.38 bits per heavy atom. The summed E-state index contributed by atoms with van der Waals surface area (Å²) in [6.45, 7) is 5.24. The van der Waals surface area contributed by atoms with Gasteiger partial charge in [-0.25, -0.2) is 0 Å². The molecule has 0 heterocycles. The van der Waals surface area contributed by atoms with Crippen LogP contribution in [-0.4, -0.2) is 78.0 Å². The number of thiol groups is 1. The fourth-order valence-corrected chi connectivity index (χ4v) is 3.92. The molecular weight excluding hydrogens is 375 g/mol. The lowest BCUT2D eigenvalue weighted by Gasteiger charge is -2.24. The van der Waals surface area contributed by atoms with Crippen molar-refractivity contribution in [3.05, 3.63) is 0 Å². The Morgan fingerprint density at radius 1 is 1.17 bits per heavy atom. The van der Waals surface area contributed by atoms with Gasteiger partial charge in [-0.2, -0.15) is 21.0 Å². The summed E-state index contributed by atoms with van der Waals surface area (Å²) in [6, 6.07) is 0. The molecular formula is C13H31N2O6PS2. The van der Waals surface area contributed by atoms with E-state index in [9.17, 15) is 13.0 Å². The van der Waals surface area contributed by atoms with Crippen LogP contribution in [0.5, 0.6) is 0 Å². The van der Waals surface area contributed by atoms with Crippen molar-refractivity contribution in [1.29, 1.82) is 0 Å². The van der Waals surface area contributed by atoms with E-state index in [0.717, 1.165) is 25.3 Å². The molecule has 1 unspecified atom stereocenters. The highest BCUT2D eigenvalue weighted by Crippen LogP contribution is 2.37. The highest BCUT2D eigenvalue weighted by Gasteiger charge is 2.19. The quantitative estimate of drug-likeness (QED) is 0.116. The van der Waals surface area contributed by atoms with Crippen LogP contribution in [0.2, 0.25) is 0 Å². The lowest BCUT2D eigenvalue weighted by atomic mass is 10.1. The highest BCUT2D eigenvalue weighted by molar-refractivity contribution is 7.85. The summed E-state index contributed by atoms with van der Waals surface area (Å²) in [4.78, 5) is 20.0. The molecule has 8 nitrogen and oxygen atoms in total. The van der Waals surface area contributed by atoms with E-state index in [4.69, 9.17) is 14.3 Å². The van der Waals surface area contributed by atoms with Gasteiger partial charge in [-0.3, -0.25) is 9.12 Å². The first kappa shape index (κ1) is 24.3. The Labute approximate surface area is 150 Å². The molecule has 0 aromatic heterocycles. The van der Waals surface area contributed by atoms with E-state index in [1.165, 1.54) is 0 Å². The van der Waals surface area contributed by atoms with E-state index in [0.29, 0.717) is 32.5 Å². The summed E-state index contributed by atoms with van der Waals surface area (Å²) >= 11 is 4.13. The Balaban J connectivity index is 4.26. The van der Waals surface area contributed by atoms with Crippen molar-refractivity contribution in [3.63, 3.8) is 0 Å². The van der Waals surface area contributed by atoms with Crippen molar-refractivity contribution < 1.29 is 27.3 Å². The van der Waals surface area contributed by atoms with Gasteiger partial charge in [0.25, 0.3) is 10.1 Å². The molecule has 0 fully saturated rings. The van der Waals surface area contributed by atoms with Crippen LogP contribution in [0.15, 0.2) is 0 Å². The minimum Gasteiger partial charge on any atom is -0.324 e. The second kappa shape index (κ2) is 12.6. The third-order valence-electron chi connectivity index (χ3n) is 3.48. The van der Waals surface area contributed by atoms with Gasteiger partial charge in [0.15, 0.2) is 0 Å². The van der Waals surface area contributed by atoms with Gasteiger partial charge in [-0.15, -0.1) is 0 Å². The van der Waals surface area contributed by atoms with Crippen molar-refractivity contribution in [2.24, 2.45) is 5.92 Å². The Bertz CT molecular complexity index is 471. The molecule has 0 saturated carbocycles. The molecule has 0 aromatic rings. The summed E-state index contributed by atoms with van der Waals surface area (Å²) in [5, 5.41) is 3.27. The molecule has 0 rings (SSSR count). The maximum Gasteiger partial charge on any atom is 0.325 e. The SMILES string of the molecule is CC(CCN(CCCS(=O)(=O)O)CCNCCCS)CP(=O)(O)O. The minimum absolute atomic E-state index is 0.118. The molecule has 11 heteroatoms. The largest absolute Gasteiger partial charge is 0.325 e. The molecule has 0 aliphatic carbocycles. The summed E-state index contributed by atoms with van der Waals surface area (Å²) in [5.41, 5.74) is 0. The molecule has 0 radical (unpaired) electrons. The zero-order valence-corrected chi connectivity index (χ0v) is 16.8. The van der Waals surface area contributed by atoms with Crippen LogP contribution in [0.3, 0.4) is 0 Å². The maximum absolute atomic E-state index is 11.0. The van der Waals surface area contributed by atoms with E-state index < -0.39 is 17.7 Å². The average molecular weight is 407 g/mol. The smallest absolute Gasteiger partial charge is 0.324 e. The zero-order chi connectivity index (χ0) is 18.6. The summed E-state index contributed by atoms with van der Waals surface area (Å²) in [5.74, 6) is 0.409. The van der Waals surface area contributed by atoms with Crippen molar-refractivity contribution >= 4 is 30.3 Å². The molecule has 24 heavy (non-hydrogen) atoms. The maximum atomic E-state index is 11.0. The first-order chi connectivity index (χ1) is 11.0. The van der Waals surface area contributed by atoms with Crippen LogP contribution in [0.25, 0.3) is 0 Å². The normalized spacial score (nSPS) is 14.2. The topological polar surface area (TPSA) is 127 Å². The van der Waals surface area contributed by atoms with Crippen LogP contribution >= 0.6 is 20.2 Å². The van der Waals surface area contributed by atoms with Crippen molar-refractivity contribution in [2.75, 3.05) is 50.4 Å². The van der Waals surface area contributed by atoms with Gasteiger partial charge in [-0.1, -0.05) is 6.92 Å². The monoisotopic (exact) mass is 406 g/mol. The predicted molar refractivity (Wildman–Crippen MR) is 99.5 cm³/mol. The molecule has 0 bridgehead atoms. The molecule has 4 N–H and O–H groups in total. The number of rotatable bonds is 15. The van der Waals surface area contributed by atoms with E-state index in [-0.39, 0.29) is 17.8 Å². The predicted octanol–water partition coefficient (Wildman–Crippen LogP) is 0.680. The number of hydrogen-bond acceptors (Lipinski definition) is 6. The zero-order valence-electron chi connectivity index (χ0n) is 14.2. The number of hydrogen-bond donors (Lipinski definition) is 5. The summed E-state index contributed by atoms with van der Waals surface area (Å²) in [7, 11) is -7.97. The van der Waals surface area contributed by atoms with E-state index >= 15 is 0 Å². The number of nitrogens with one attached hydrogen (secondary N) is 1. The first-order valence-electron chi connectivity index (χ1n) is 8.07. The first-order valence-corrected chi connectivity index (χ1v) is 12.1. The fraction of sp³-hybridized carbons (Fsp3) is 1.00. The Kier molecular flexibility index (Phi) is 12.8. The minimum atomic E-state index is -4.01.